The van der Waals surface area contributed by atoms with Gasteiger partial charge in [-0.2, -0.15) is 5.26 Å². The van der Waals surface area contributed by atoms with E-state index in [1.807, 2.05) is 24.3 Å². The second kappa shape index (κ2) is 5.46. The lowest BCUT2D eigenvalue weighted by atomic mass is 10.1. The second-order valence-corrected chi connectivity index (χ2v) is 5.71. The Kier molecular flexibility index (Phi) is 3.50. The number of thioether (sulfide) groups is 1. The minimum Gasteiger partial charge on any atom is -0.372 e. The van der Waals surface area contributed by atoms with Crippen molar-refractivity contribution in [1.29, 1.82) is 5.26 Å². The zero-order valence-electron chi connectivity index (χ0n) is 10.9. The van der Waals surface area contributed by atoms with Gasteiger partial charge >= 0.3 is 0 Å². The van der Waals surface area contributed by atoms with E-state index in [0.29, 0.717) is 5.69 Å². The van der Waals surface area contributed by atoms with Gasteiger partial charge in [-0.1, -0.05) is 18.2 Å². The summed E-state index contributed by atoms with van der Waals surface area (Å²) in [6, 6.07) is 14.5. The molecule has 2 aromatic carbocycles. The molecule has 0 amide bonds. The van der Waals surface area contributed by atoms with Crippen LogP contribution >= 0.6 is 11.8 Å². The van der Waals surface area contributed by atoms with E-state index < -0.39 is 4.92 Å². The van der Waals surface area contributed by atoms with Gasteiger partial charge in [-0.05, 0) is 23.8 Å². The molecule has 0 saturated heterocycles. The predicted molar refractivity (Wildman–Crippen MR) is 81.3 cm³/mol. The van der Waals surface area contributed by atoms with E-state index >= 15 is 0 Å². The Hall–Kier alpha value is -2.52. The fourth-order valence-corrected chi connectivity index (χ4v) is 3.51. The molecule has 1 unspecified atom stereocenters. The van der Waals surface area contributed by atoms with Gasteiger partial charge in [0.05, 0.1) is 22.6 Å². The highest BCUT2D eigenvalue weighted by Crippen LogP contribution is 2.40. The number of nitrogens with one attached hydrogen (secondary N) is 1. The highest BCUT2D eigenvalue weighted by atomic mass is 32.2. The number of hydrogen-bond donors (Lipinski definition) is 1. The van der Waals surface area contributed by atoms with Gasteiger partial charge < -0.3 is 5.32 Å². The third-order valence-electron chi connectivity index (χ3n) is 3.35. The van der Waals surface area contributed by atoms with E-state index in [1.54, 1.807) is 23.9 Å². The molecular formula is C15H11N3O2S. The van der Waals surface area contributed by atoms with Gasteiger partial charge in [-0.3, -0.25) is 10.1 Å². The average Bonchev–Trinajstić information content (AvgIpc) is 2.91. The molecule has 3 rings (SSSR count). The molecule has 1 heterocycles. The van der Waals surface area contributed by atoms with Gasteiger partial charge in [-0.25, -0.2) is 0 Å². The summed E-state index contributed by atoms with van der Waals surface area (Å²) in [6.45, 7) is 0. The van der Waals surface area contributed by atoms with Crippen molar-refractivity contribution in [2.45, 2.75) is 10.9 Å². The number of nitrogens with zero attached hydrogens (tertiary/aromatic N) is 2. The molecule has 0 aliphatic carbocycles. The Balaban J connectivity index is 1.93. The monoisotopic (exact) mass is 297 g/mol. The fraction of sp³-hybridized carbons (Fsp3) is 0.133. The van der Waals surface area contributed by atoms with Crippen molar-refractivity contribution in [1.82, 2.24) is 0 Å². The number of rotatable bonds is 3. The molecule has 0 aromatic heterocycles. The van der Waals surface area contributed by atoms with Crippen LogP contribution < -0.4 is 5.32 Å². The standard InChI is InChI=1S/C15H11N3O2S/c16-8-10-5-6-12(14(7-10)18(19)20)17-13-9-21-15-4-2-1-3-11(13)15/h1-7,13,17H,9H2. The van der Waals surface area contributed by atoms with E-state index in [-0.39, 0.29) is 17.3 Å². The molecule has 5 nitrogen and oxygen atoms in total. The number of benzene rings is 2. The third-order valence-corrected chi connectivity index (χ3v) is 4.54. The summed E-state index contributed by atoms with van der Waals surface area (Å²) in [6.07, 6.45) is 0. The quantitative estimate of drug-likeness (QED) is 0.690. The van der Waals surface area contributed by atoms with Crippen LogP contribution in [0.5, 0.6) is 0 Å². The lowest BCUT2D eigenvalue weighted by Crippen LogP contribution is -2.11. The van der Waals surface area contributed by atoms with Crippen LogP contribution in [0.1, 0.15) is 17.2 Å². The summed E-state index contributed by atoms with van der Waals surface area (Å²) in [4.78, 5) is 11.9. The molecule has 0 spiro atoms. The summed E-state index contributed by atoms with van der Waals surface area (Å²) in [5, 5.41) is 23.2. The van der Waals surface area contributed by atoms with Gasteiger partial charge in [0.1, 0.15) is 5.69 Å². The number of anilines is 1. The van der Waals surface area contributed by atoms with Crippen molar-refractivity contribution in [2.24, 2.45) is 0 Å². The molecule has 0 fully saturated rings. The summed E-state index contributed by atoms with van der Waals surface area (Å²) >= 11 is 1.73. The lowest BCUT2D eigenvalue weighted by molar-refractivity contribution is -0.384. The maximum absolute atomic E-state index is 11.2. The van der Waals surface area contributed by atoms with Gasteiger partial charge in [-0.15, -0.1) is 11.8 Å². The van der Waals surface area contributed by atoms with Crippen molar-refractivity contribution in [2.75, 3.05) is 11.1 Å². The molecule has 1 N–H and O–H groups in total. The normalized spacial score (nSPS) is 16.0. The molecule has 1 aliphatic rings. The van der Waals surface area contributed by atoms with E-state index in [1.165, 1.54) is 11.0 Å². The number of nitro benzene ring substituents is 1. The highest BCUT2D eigenvalue weighted by molar-refractivity contribution is 7.99. The van der Waals surface area contributed by atoms with Crippen molar-refractivity contribution in [3.05, 3.63) is 63.7 Å². The number of hydrogen-bond acceptors (Lipinski definition) is 5. The van der Waals surface area contributed by atoms with Gasteiger partial charge in [0.25, 0.3) is 5.69 Å². The lowest BCUT2D eigenvalue weighted by Gasteiger charge is -2.14. The third kappa shape index (κ3) is 2.56. The zero-order chi connectivity index (χ0) is 14.8. The Morgan fingerprint density at radius 2 is 2.14 bits per heavy atom. The van der Waals surface area contributed by atoms with Crippen LogP contribution in [0.25, 0.3) is 0 Å². The molecule has 0 saturated carbocycles. The van der Waals surface area contributed by atoms with Crippen LogP contribution in [-0.4, -0.2) is 10.7 Å². The fourth-order valence-electron chi connectivity index (χ4n) is 2.34. The molecule has 6 heteroatoms. The first-order valence-corrected chi connectivity index (χ1v) is 7.34. The van der Waals surface area contributed by atoms with Crippen LogP contribution in [0.4, 0.5) is 11.4 Å². The van der Waals surface area contributed by atoms with Crippen molar-refractivity contribution in [3.8, 4) is 6.07 Å². The molecule has 0 radical (unpaired) electrons. The maximum atomic E-state index is 11.2. The van der Waals surface area contributed by atoms with Crippen molar-refractivity contribution in [3.63, 3.8) is 0 Å². The van der Waals surface area contributed by atoms with E-state index in [2.05, 4.69) is 11.4 Å². The number of nitriles is 1. The van der Waals surface area contributed by atoms with Crippen LogP contribution in [0.3, 0.4) is 0 Å². The first-order valence-electron chi connectivity index (χ1n) is 6.36. The van der Waals surface area contributed by atoms with Crippen LogP contribution in [-0.2, 0) is 0 Å². The molecule has 1 atom stereocenters. The molecule has 104 valence electrons. The second-order valence-electron chi connectivity index (χ2n) is 4.65. The number of fused-ring (bicyclic) bond motifs is 1. The molecule has 1 aliphatic heterocycles. The molecule has 21 heavy (non-hydrogen) atoms. The smallest absolute Gasteiger partial charge is 0.293 e. The topological polar surface area (TPSA) is 79.0 Å². The predicted octanol–water partition coefficient (Wildman–Crippen LogP) is 3.73. The van der Waals surface area contributed by atoms with Crippen LogP contribution in [0.2, 0.25) is 0 Å². The Morgan fingerprint density at radius 1 is 1.33 bits per heavy atom. The summed E-state index contributed by atoms with van der Waals surface area (Å²) in [5.41, 5.74) is 1.82. The van der Waals surface area contributed by atoms with Crippen molar-refractivity contribution >= 4 is 23.1 Å². The SMILES string of the molecule is N#Cc1ccc(NC2CSc3ccccc32)c([N+](=O)[O-])c1. The van der Waals surface area contributed by atoms with Crippen LogP contribution in [0.15, 0.2) is 47.4 Å². The van der Waals surface area contributed by atoms with E-state index in [0.717, 1.165) is 11.3 Å². The maximum Gasteiger partial charge on any atom is 0.293 e. The van der Waals surface area contributed by atoms with Gasteiger partial charge in [0, 0.05) is 16.7 Å². The van der Waals surface area contributed by atoms with Crippen LogP contribution in [0, 0.1) is 21.4 Å². The minimum absolute atomic E-state index is 0.0397. The van der Waals surface area contributed by atoms with E-state index in [9.17, 15) is 10.1 Å². The summed E-state index contributed by atoms with van der Waals surface area (Å²) < 4.78 is 0. The first kappa shape index (κ1) is 13.5. The van der Waals surface area contributed by atoms with Gasteiger partial charge in [0.2, 0.25) is 0 Å². The van der Waals surface area contributed by atoms with E-state index in [4.69, 9.17) is 5.26 Å². The summed E-state index contributed by atoms with van der Waals surface area (Å²) in [5.74, 6) is 0.830. The van der Waals surface area contributed by atoms with Gasteiger partial charge in [0.15, 0.2) is 0 Å². The Morgan fingerprint density at radius 3 is 2.90 bits per heavy atom. The molecule has 2 aromatic rings. The Labute approximate surface area is 125 Å². The first-order chi connectivity index (χ1) is 10.2. The average molecular weight is 297 g/mol. The largest absolute Gasteiger partial charge is 0.372 e. The zero-order valence-corrected chi connectivity index (χ0v) is 11.8. The summed E-state index contributed by atoms with van der Waals surface area (Å²) in [7, 11) is 0. The minimum atomic E-state index is -0.461. The number of nitro groups is 1. The highest BCUT2D eigenvalue weighted by Gasteiger charge is 2.25. The molecular weight excluding hydrogens is 286 g/mol. The molecule has 0 bridgehead atoms. The van der Waals surface area contributed by atoms with Crippen molar-refractivity contribution < 1.29 is 4.92 Å². The Bertz CT molecular complexity index is 755.